The average molecular weight is 253 g/mol. The largest absolute Gasteiger partial charge is 0.475 e. The molecule has 0 aliphatic carbocycles. The molecule has 0 radical (unpaired) electrons. The Morgan fingerprint density at radius 1 is 1.39 bits per heavy atom. The lowest BCUT2D eigenvalue weighted by molar-refractivity contribution is 0.0659. The Labute approximate surface area is 104 Å². The minimum Gasteiger partial charge on any atom is -0.475 e. The van der Waals surface area contributed by atoms with Crippen molar-refractivity contribution in [1.29, 1.82) is 0 Å². The quantitative estimate of drug-likeness (QED) is 0.821. The highest BCUT2D eigenvalue weighted by atomic mass is 16.5. The van der Waals surface area contributed by atoms with Gasteiger partial charge in [-0.1, -0.05) is 0 Å². The van der Waals surface area contributed by atoms with Gasteiger partial charge in [0.05, 0.1) is 0 Å². The number of amides is 1. The van der Waals surface area contributed by atoms with Gasteiger partial charge in [0, 0.05) is 19.8 Å². The van der Waals surface area contributed by atoms with Crippen molar-refractivity contribution >= 4 is 11.9 Å². The van der Waals surface area contributed by atoms with Crippen LogP contribution in [0.25, 0.3) is 0 Å². The van der Waals surface area contributed by atoms with Crippen molar-refractivity contribution in [3.8, 4) is 0 Å². The van der Waals surface area contributed by atoms with E-state index in [2.05, 4.69) is 5.32 Å². The van der Waals surface area contributed by atoms with E-state index in [9.17, 15) is 9.59 Å². The number of carboxylic acids is 1. The second-order valence-electron chi connectivity index (χ2n) is 4.24. The first-order valence-electron chi connectivity index (χ1n) is 5.86. The molecule has 0 aromatic carbocycles. The van der Waals surface area contributed by atoms with E-state index < -0.39 is 5.97 Å². The monoisotopic (exact) mass is 253 g/mol. The third kappa shape index (κ3) is 3.10. The minimum atomic E-state index is -1.18. The third-order valence-electron chi connectivity index (χ3n) is 2.90. The molecular formula is C12H15NO5. The van der Waals surface area contributed by atoms with Crippen molar-refractivity contribution in [2.45, 2.75) is 12.8 Å². The molecule has 1 amide bonds. The summed E-state index contributed by atoms with van der Waals surface area (Å²) in [5.41, 5.74) is 0. The van der Waals surface area contributed by atoms with E-state index in [-0.39, 0.29) is 17.4 Å². The lowest BCUT2D eigenvalue weighted by atomic mass is 10.1. The van der Waals surface area contributed by atoms with Crippen LogP contribution in [-0.4, -0.2) is 36.7 Å². The van der Waals surface area contributed by atoms with Gasteiger partial charge in [-0.3, -0.25) is 4.79 Å². The average Bonchev–Trinajstić information content (AvgIpc) is 2.99. The Hall–Kier alpha value is -1.82. The molecule has 1 aliphatic rings. The summed E-state index contributed by atoms with van der Waals surface area (Å²) in [5, 5.41) is 11.4. The van der Waals surface area contributed by atoms with Crippen LogP contribution in [0.2, 0.25) is 0 Å². The molecule has 1 saturated heterocycles. The summed E-state index contributed by atoms with van der Waals surface area (Å²) >= 11 is 0. The number of rotatable bonds is 5. The molecule has 6 nitrogen and oxygen atoms in total. The van der Waals surface area contributed by atoms with Gasteiger partial charge in [0.15, 0.2) is 5.76 Å². The van der Waals surface area contributed by atoms with E-state index in [0.29, 0.717) is 12.5 Å². The summed E-state index contributed by atoms with van der Waals surface area (Å²) < 4.78 is 10.1. The van der Waals surface area contributed by atoms with Crippen molar-refractivity contribution in [1.82, 2.24) is 5.32 Å². The zero-order valence-corrected chi connectivity index (χ0v) is 9.85. The van der Waals surface area contributed by atoms with Gasteiger partial charge < -0.3 is 19.6 Å². The number of furan rings is 1. The smallest absolute Gasteiger partial charge is 0.371 e. The second-order valence-corrected chi connectivity index (χ2v) is 4.24. The van der Waals surface area contributed by atoms with Crippen molar-refractivity contribution in [3.63, 3.8) is 0 Å². The fraction of sp³-hybridized carbons (Fsp3) is 0.500. The van der Waals surface area contributed by atoms with Gasteiger partial charge in [-0.15, -0.1) is 0 Å². The van der Waals surface area contributed by atoms with Crippen LogP contribution in [0.5, 0.6) is 0 Å². The molecule has 1 fully saturated rings. The molecule has 1 aliphatic heterocycles. The van der Waals surface area contributed by atoms with Crippen LogP contribution in [0.15, 0.2) is 16.5 Å². The van der Waals surface area contributed by atoms with Crippen molar-refractivity contribution in [2.75, 3.05) is 19.8 Å². The number of ether oxygens (including phenoxy) is 1. The molecule has 0 saturated carbocycles. The van der Waals surface area contributed by atoms with E-state index in [1.54, 1.807) is 0 Å². The highest BCUT2D eigenvalue weighted by Crippen LogP contribution is 2.15. The van der Waals surface area contributed by atoms with E-state index >= 15 is 0 Å². The van der Waals surface area contributed by atoms with Crippen LogP contribution in [0, 0.1) is 5.92 Å². The van der Waals surface area contributed by atoms with Crippen LogP contribution in [0.1, 0.15) is 34.0 Å². The van der Waals surface area contributed by atoms with Crippen LogP contribution in [-0.2, 0) is 4.74 Å². The van der Waals surface area contributed by atoms with Crippen LogP contribution >= 0.6 is 0 Å². The first-order valence-corrected chi connectivity index (χ1v) is 5.86. The van der Waals surface area contributed by atoms with Crippen LogP contribution in [0.4, 0.5) is 0 Å². The number of nitrogens with one attached hydrogen (secondary N) is 1. The third-order valence-corrected chi connectivity index (χ3v) is 2.90. The van der Waals surface area contributed by atoms with Gasteiger partial charge in [0.25, 0.3) is 5.91 Å². The first-order chi connectivity index (χ1) is 8.66. The molecule has 1 atom stereocenters. The summed E-state index contributed by atoms with van der Waals surface area (Å²) in [6.45, 7) is 2.08. The maximum absolute atomic E-state index is 11.6. The number of carboxylic acid groups (broad SMARTS) is 1. The van der Waals surface area contributed by atoms with Gasteiger partial charge >= 0.3 is 5.97 Å². The predicted molar refractivity (Wildman–Crippen MR) is 61.5 cm³/mol. The molecule has 6 heteroatoms. The van der Waals surface area contributed by atoms with E-state index in [0.717, 1.165) is 26.1 Å². The molecule has 0 spiro atoms. The van der Waals surface area contributed by atoms with E-state index in [1.165, 1.54) is 12.1 Å². The number of carbonyl (C=O) groups is 2. The van der Waals surface area contributed by atoms with Gasteiger partial charge in [-0.05, 0) is 30.9 Å². The Morgan fingerprint density at radius 2 is 2.17 bits per heavy atom. The second kappa shape index (κ2) is 5.68. The summed E-state index contributed by atoms with van der Waals surface area (Å²) in [4.78, 5) is 22.2. The molecule has 0 bridgehead atoms. The van der Waals surface area contributed by atoms with Crippen molar-refractivity contribution in [2.24, 2.45) is 5.92 Å². The number of aromatic carboxylic acids is 1. The Bertz CT molecular complexity index is 433. The molecule has 2 rings (SSSR count). The standard InChI is InChI=1S/C12H15NO5/c14-11(9-1-2-10(18-9)12(15)16)13-5-3-8-4-6-17-7-8/h1-2,8H,3-7H2,(H,13,14)(H,15,16). The van der Waals surface area contributed by atoms with Gasteiger partial charge in [-0.25, -0.2) is 4.79 Å². The maximum atomic E-state index is 11.6. The summed E-state index contributed by atoms with van der Waals surface area (Å²) in [7, 11) is 0. The van der Waals surface area contributed by atoms with Gasteiger partial charge in [0.2, 0.25) is 5.76 Å². The normalized spacial score (nSPS) is 18.8. The number of carbonyl (C=O) groups excluding carboxylic acids is 1. The highest BCUT2D eigenvalue weighted by Gasteiger charge is 2.17. The maximum Gasteiger partial charge on any atom is 0.371 e. The van der Waals surface area contributed by atoms with Crippen LogP contribution in [0.3, 0.4) is 0 Å². The molecule has 2 N–H and O–H groups in total. The lowest BCUT2D eigenvalue weighted by Crippen LogP contribution is -2.25. The first kappa shape index (κ1) is 12.6. The Kier molecular flexibility index (Phi) is 3.99. The zero-order chi connectivity index (χ0) is 13.0. The molecule has 1 aromatic heterocycles. The van der Waals surface area contributed by atoms with Crippen molar-refractivity contribution < 1.29 is 23.8 Å². The van der Waals surface area contributed by atoms with E-state index in [4.69, 9.17) is 14.3 Å². The molecule has 18 heavy (non-hydrogen) atoms. The molecule has 98 valence electrons. The Balaban J connectivity index is 1.77. The summed E-state index contributed by atoms with van der Waals surface area (Å²) in [5.74, 6) is -1.28. The highest BCUT2D eigenvalue weighted by molar-refractivity contribution is 5.93. The predicted octanol–water partition coefficient (Wildman–Crippen LogP) is 1.13. The summed E-state index contributed by atoms with van der Waals surface area (Å²) in [6, 6.07) is 2.62. The molecule has 2 heterocycles. The fourth-order valence-electron chi connectivity index (χ4n) is 1.86. The number of hydrogen-bond donors (Lipinski definition) is 2. The molecule has 1 aromatic rings. The minimum absolute atomic E-state index is 0.0232. The topological polar surface area (TPSA) is 88.8 Å². The Morgan fingerprint density at radius 3 is 2.78 bits per heavy atom. The lowest BCUT2D eigenvalue weighted by Gasteiger charge is -2.07. The van der Waals surface area contributed by atoms with Gasteiger partial charge in [0.1, 0.15) is 0 Å². The number of hydrogen-bond acceptors (Lipinski definition) is 4. The molecular weight excluding hydrogens is 238 g/mol. The SMILES string of the molecule is O=C(O)c1ccc(C(=O)NCCC2CCOC2)o1. The van der Waals surface area contributed by atoms with Gasteiger partial charge in [-0.2, -0.15) is 0 Å². The zero-order valence-electron chi connectivity index (χ0n) is 9.85. The fourth-order valence-corrected chi connectivity index (χ4v) is 1.86. The van der Waals surface area contributed by atoms with E-state index in [1.807, 2.05) is 0 Å². The van der Waals surface area contributed by atoms with Crippen molar-refractivity contribution in [3.05, 3.63) is 23.7 Å². The molecule has 1 unspecified atom stereocenters. The van der Waals surface area contributed by atoms with Crippen LogP contribution < -0.4 is 5.32 Å². The summed E-state index contributed by atoms with van der Waals surface area (Å²) in [6.07, 6.45) is 1.89.